The van der Waals surface area contributed by atoms with Crippen LogP contribution in [-0.2, 0) is 6.42 Å². The number of nitrogens with one attached hydrogen (secondary N) is 1. The smallest absolute Gasteiger partial charge is 0.194 e. The molecule has 3 rings (SSSR count). The molecule has 1 saturated heterocycles. The molecule has 0 spiro atoms. The highest BCUT2D eigenvalue weighted by atomic mass is 127. The van der Waals surface area contributed by atoms with Crippen molar-refractivity contribution in [2.45, 2.75) is 13.3 Å². The summed E-state index contributed by atoms with van der Waals surface area (Å²) in [6, 6.07) is 12.1. The summed E-state index contributed by atoms with van der Waals surface area (Å²) in [6.07, 6.45) is 4.61. The monoisotopic (exact) mass is 499 g/mol. The van der Waals surface area contributed by atoms with Crippen LogP contribution in [0.5, 0.6) is 0 Å². The van der Waals surface area contributed by atoms with Gasteiger partial charge in [-0.1, -0.05) is 29.8 Å². The first-order chi connectivity index (χ1) is 12.8. The Morgan fingerprint density at radius 2 is 1.93 bits per heavy atom. The predicted molar refractivity (Wildman–Crippen MR) is 125 cm³/mol. The number of rotatable bonds is 5. The maximum Gasteiger partial charge on any atom is 0.194 e. The summed E-state index contributed by atoms with van der Waals surface area (Å²) in [7, 11) is 0. The molecule has 27 heavy (non-hydrogen) atoms. The first-order valence-corrected chi connectivity index (χ1v) is 9.57. The molecule has 146 valence electrons. The van der Waals surface area contributed by atoms with Crippen LogP contribution in [0.2, 0.25) is 5.02 Å². The Balaban J connectivity index is 0.00000261. The van der Waals surface area contributed by atoms with Crippen molar-refractivity contribution < 1.29 is 0 Å². The number of hydrogen-bond acceptors (Lipinski definition) is 3. The van der Waals surface area contributed by atoms with Crippen LogP contribution in [0, 0.1) is 0 Å². The molecule has 1 aliphatic heterocycles. The van der Waals surface area contributed by atoms with Crippen molar-refractivity contribution in [2.24, 2.45) is 4.99 Å². The van der Waals surface area contributed by atoms with Gasteiger partial charge in [0.05, 0.1) is 10.7 Å². The number of halogens is 2. The summed E-state index contributed by atoms with van der Waals surface area (Å²) in [4.78, 5) is 13.6. The van der Waals surface area contributed by atoms with Crippen molar-refractivity contribution >= 4 is 47.2 Å². The highest BCUT2D eigenvalue weighted by molar-refractivity contribution is 14.0. The third kappa shape index (κ3) is 6.24. The van der Waals surface area contributed by atoms with E-state index in [1.165, 1.54) is 5.56 Å². The van der Waals surface area contributed by atoms with E-state index in [-0.39, 0.29) is 24.0 Å². The van der Waals surface area contributed by atoms with E-state index >= 15 is 0 Å². The lowest BCUT2D eigenvalue weighted by Crippen LogP contribution is -2.52. The zero-order valence-corrected chi connectivity index (χ0v) is 18.7. The number of hydrogen-bond donors (Lipinski definition) is 1. The Kier molecular flexibility index (Phi) is 9.14. The summed E-state index contributed by atoms with van der Waals surface area (Å²) in [6.45, 7) is 7.49. The Hall–Kier alpha value is -1.54. The van der Waals surface area contributed by atoms with Crippen molar-refractivity contribution in [2.75, 3.05) is 44.2 Å². The van der Waals surface area contributed by atoms with Gasteiger partial charge < -0.3 is 15.1 Å². The number of aliphatic imine (C=N–C) groups is 1. The maximum atomic E-state index is 6.34. The zero-order valence-electron chi connectivity index (χ0n) is 15.6. The molecule has 1 aromatic heterocycles. The van der Waals surface area contributed by atoms with Crippen LogP contribution in [0.4, 0.5) is 5.69 Å². The number of anilines is 1. The van der Waals surface area contributed by atoms with Crippen molar-refractivity contribution in [1.29, 1.82) is 0 Å². The average Bonchev–Trinajstić information content (AvgIpc) is 2.69. The highest BCUT2D eigenvalue weighted by Gasteiger charge is 2.20. The third-order valence-electron chi connectivity index (χ3n) is 4.49. The van der Waals surface area contributed by atoms with Gasteiger partial charge >= 0.3 is 0 Å². The number of guanidine groups is 1. The van der Waals surface area contributed by atoms with E-state index in [9.17, 15) is 0 Å². The van der Waals surface area contributed by atoms with Gasteiger partial charge in [-0.3, -0.25) is 9.98 Å². The van der Waals surface area contributed by atoms with Gasteiger partial charge in [-0.05, 0) is 37.1 Å². The molecule has 2 aromatic rings. The van der Waals surface area contributed by atoms with E-state index < -0.39 is 0 Å². The summed E-state index contributed by atoms with van der Waals surface area (Å²) in [5, 5.41) is 4.24. The van der Waals surface area contributed by atoms with Crippen LogP contribution in [0.1, 0.15) is 12.5 Å². The molecular formula is C20H27ClIN5. The minimum Gasteiger partial charge on any atom is -0.367 e. The number of para-hydroxylation sites is 1. The molecule has 0 unspecified atom stereocenters. The molecule has 0 amide bonds. The number of aromatic nitrogens is 1. The van der Waals surface area contributed by atoms with Crippen LogP contribution in [0.15, 0.2) is 53.8 Å². The first kappa shape index (κ1) is 21.8. The average molecular weight is 500 g/mol. The molecule has 1 aliphatic rings. The first-order valence-electron chi connectivity index (χ1n) is 9.19. The minimum absolute atomic E-state index is 0. The van der Waals surface area contributed by atoms with E-state index in [4.69, 9.17) is 16.6 Å². The van der Waals surface area contributed by atoms with E-state index in [2.05, 4.69) is 39.2 Å². The molecule has 5 nitrogen and oxygen atoms in total. The second-order valence-corrected chi connectivity index (χ2v) is 6.68. The Bertz CT molecular complexity index is 717. The van der Waals surface area contributed by atoms with Crippen LogP contribution in [0.25, 0.3) is 0 Å². The summed E-state index contributed by atoms with van der Waals surface area (Å²) >= 11 is 6.34. The van der Waals surface area contributed by atoms with Crippen LogP contribution in [0.3, 0.4) is 0 Å². The van der Waals surface area contributed by atoms with E-state index in [1.54, 1.807) is 6.20 Å². The van der Waals surface area contributed by atoms with Crippen LogP contribution >= 0.6 is 35.6 Å². The summed E-state index contributed by atoms with van der Waals surface area (Å²) in [5.41, 5.74) is 2.34. The molecule has 0 aliphatic carbocycles. The van der Waals surface area contributed by atoms with Crippen molar-refractivity contribution in [1.82, 2.24) is 15.2 Å². The number of pyridine rings is 1. The molecule has 2 heterocycles. The summed E-state index contributed by atoms with van der Waals surface area (Å²) < 4.78 is 0. The van der Waals surface area contributed by atoms with Gasteiger partial charge in [0, 0.05) is 51.7 Å². The lowest BCUT2D eigenvalue weighted by Gasteiger charge is -2.38. The standard InChI is InChI=1S/C20H26ClN5.HI/c1-2-23-20(24-11-9-17-6-5-10-22-16-17)26-14-12-25(13-15-26)19-8-4-3-7-18(19)21;/h3-8,10,16H,2,9,11-15H2,1H3,(H,23,24);1H. The molecule has 1 N–H and O–H groups in total. The van der Waals surface area contributed by atoms with Crippen LogP contribution in [-0.4, -0.2) is 55.1 Å². The topological polar surface area (TPSA) is 43.8 Å². The molecule has 1 fully saturated rings. The largest absolute Gasteiger partial charge is 0.367 e. The second kappa shape index (κ2) is 11.3. The van der Waals surface area contributed by atoms with E-state index in [1.807, 2.05) is 30.5 Å². The SMILES string of the molecule is CCNC(=NCCc1cccnc1)N1CCN(c2ccccc2Cl)CC1.I. The number of piperazine rings is 1. The van der Waals surface area contributed by atoms with Gasteiger partial charge in [-0.25, -0.2) is 0 Å². The normalized spacial score (nSPS) is 14.7. The van der Waals surface area contributed by atoms with Gasteiger partial charge in [0.15, 0.2) is 5.96 Å². The fourth-order valence-corrected chi connectivity index (χ4v) is 3.39. The zero-order chi connectivity index (χ0) is 18.2. The maximum absolute atomic E-state index is 6.34. The molecule has 0 bridgehead atoms. The van der Waals surface area contributed by atoms with Gasteiger partial charge in [0.1, 0.15) is 0 Å². The van der Waals surface area contributed by atoms with Crippen molar-refractivity contribution in [3.05, 3.63) is 59.4 Å². The fourth-order valence-electron chi connectivity index (χ4n) is 3.13. The quantitative estimate of drug-likeness (QED) is 0.387. The Labute approximate surface area is 183 Å². The minimum atomic E-state index is 0. The van der Waals surface area contributed by atoms with Crippen LogP contribution < -0.4 is 10.2 Å². The molecule has 0 saturated carbocycles. The Morgan fingerprint density at radius 1 is 1.15 bits per heavy atom. The Morgan fingerprint density at radius 3 is 2.59 bits per heavy atom. The van der Waals surface area contributed by atoms with Gasteiger partial charge in [0.25, 0.3) is 0 Å². The second-order valence-electron chi connectivity index (χ2n) is 6.27. The van der Waals surface area contributed by atoms with Gasteiger partial charge in [0.2, 0.25) is 0 Å². The van der Waals surface area contributed by atoms with E-state index in [0.717, 1.165) is 62.4 Å². The fraction of sp³-hybridized carbons (Fsp3) is 0.400. The van der Waals surface area contributed by atoms with E-state index in [0.29, 0.717) is 0 Å². The number of benzene rings is 1. The lowest BCUT2D eigenvalue weighted by molar-refractivity contribution is 0.372. The highest BCUT2D eigenvalue weighted by Crippen LogP contribution is 2.25. The molecular weight excluding hydrogens is 473 g/mol. The molecule has 1 aromatic carbocycles. The lowest BCUT2D eigenvalue weighted by atomic mass is 10.2. The van der Waals surface area contributed by atoms with Crippen molar-refractivity contribution in [3.63, 3.8) is 0 Å². The van der Waals surface area contributed by atoms with Gasteiger partial charge in [-0.15, -0.1) is 24.0 Å². The number of nitrogens with zero attached hydrogens (tertiary/aromatic N) is 4. The molecule has 7 heteroatoms. The van der Waals surface area contributed by atoms with Crippen molar-refractivity contribution in [3.8, 4) is 0 Å². The third-order valence-corrected chi connectivity index (χ3v) is 4.81. The van der Waals surface area contributed by atoms with Gasteiger partial charge in [-0.2, -0.15) is 0 Å². The molecule has 0 radical (unpaired) electrons. The summed E-state index contributed by atoms with van der Waals surface area (Å²) in [5.74, 6) is 0.996. The molecule has 0 atom stereocenters. The predicted octanol–water partition coefficient (Wildman–Crippen LogP) is 3.68.